The molecule has 9 nitrogen and oxygen atoms in total. The Hall–Kier alpha value is -3.69. The number of hydrogen-bond acceptors (Lipinski definition) is 7. The van der Waals surface area contributed by atoms with Crippen LogP contribution in [-0.4, -0.2) is 66.7 Å². The molecule has 0 aliphatic carbocycles. The minimum Gasteiger partial charge on any atom is -0.493 e. The van der Waals surface area contributed by atoms with E-state index < -0.39 is 5.82 Å². The first-order valence-electron chi connectivity index (χ1n) is 10.9. The number of carbonyl (C=O) groups is 2. The molecule has 0 bridgehead atoms. The van der Waals surface area contributed by atoms with Gasteiger partial charge in [0.1, 0.15) is 11.4 Å². The largest absolute Gasteiger partial charge is 0.493 e. The Morgan fingerprint density at radius 2 is 2.18 bits per heavy atom. The van der Waals surface area contributed by atoms with E-state index in [0.717, 1.165) is 11.4 Å². The minimum absolute atomic E-state index is 0.0894. The number of halogens is 1. The Labute approximate surface area is 190 Å². The van der Waals surface area contributed by atoms with Crippen LogP contribution >= 0.6 is 0 Å². The number of fused-ring (bicyclic) bond motifs is 3. The summed E-state index contributed by atoms with van der Waals surface area (Å²) in [5.41, 5.74) is 3.20. The summed E-state index contributed by atoms with van der Waals surface area (Å²) in [4.78, 5) is 37.2. The van der Waals surface area contributed by atoms with E-state index in [-0.39, 0.29) is 30.9 Å². The lowest BCUT2D eigenvalue weighted by Crippen LogP contribution is -2.57. The van der Waals surface area contributed by atoms with Crippen LogP contribution in [0.1, 0.15) is 29.4 Å². The van der Waals surface area contributed by atoms with Crippen molar-refractivity contribution in [1.29, 1.82) is 0 Å². The number of pyridine rings is 1. The lowest BCUT2D eigenvalue weighted by molar-refractivity contribution is -0.135. The lowest BCUT2D eigenvalue weighted by Gasteiger charge is -2.43. The number of aliphatic imine (C=N–C) groups is 1. The van der Waals surface area contributed by atoms with Crippen LogP contribution < -0.4 is 20.3 Å². The molecule has 5 rings (SSSR count). The van der Waals surface area contributed by atoms with Gasteiger partial charge in [-0.1, -0.05) is 0 Å². The predicted molar refractivity (Wildman–Crippen MR) is 122 cm³/mol. The quantitative estimate of drug-likeness (QED) is 0.724. The highest BCUT2D eigenvalue weighted by Crippen LogP contribution is 2.40. The number of benzene rings is 1. The second-order valence-electron chi connectivity index (χ2n) is 8.44. The van der Waals surface area contributed by atoms with Crippen molar-refractivity contribution in [2.24, 2.45) is 4.99 Å². The lowest BCUT2D eigenvalue weighted by atomic mass is 10.0. The van der Waals surface area contributed by atoms with Crippen LogP contribution in [0.15, 0.2) is 29.4 Å². The summed E-state index contributed by atoms with van der Waals surface area (Å²) in [7, 11) is 1.55. The Bertz CT molecular complexity index is 1150. The monoisotopic (exact) mass is 452 g/mol. The van der Waals surface area contributed by atoms with Crippen molar-refractivity contribution in [2.45, 2.75) is 25.9 Å². The zero-order valence-electron chi connectivity index (χ0n) is 18.5. The van der Waals surface area contributed by atoms with Crippen LogP contribution in [0.25, 0.3) is 0 Å². The van der Waals surface area contributed by atoms with Gasteiger partial charge in [0, 0.05) is 31.8 Å². The van der Waals surface area contributed by atoms with E-state index in [1.54, 1.807) is 36.3 Å². The number of aromatic nitrogens is 1. The summed E-state index contributed by atoms with van der Waals surface area (Å²) in [6.45, 7) is 3.59. The van der Waals surface area contributed by atoms with E-state index in [4.69, 9.17) is 4.74 Å². The molecular weight excluding hydrogens is 427 g/mol. The molecule has 1 fully saturated rings. The molecule has 0 saturated carbocycles. The molecule has 172 valence electrons. The molecule has 3 aliphatic rings. The molecular formula is C23H25FN6O3. The third kappa shape index (κ3) is 3.85. The predicted octanol–water partition coefficient (Wildman–Crippen LogP) is 2.10. The van der Waals surface area contributed by atoms with Gasteiger partial charge in [-0.2, -0.15) is 0 Å². The maximum atomic E-state index is 15.4. The van der Waals surface area contributed by atoms with Gasteiger partial charge in [0.15, 0.2) is 5.82 Å². The van der Waals surface area contributed by atoms with Crippen molar-refractivity contribution in [3.05, 3.63) is 41.5 Å². The fraction of sp³-hybridized carbons (Fsp3) is 0.391. The minimum atomic E-state index is -0.413. The molecule has 3 aliphatic heterocycles. The highest BCUT2D eigenvalue weighted by molar-refractivity contribution is 5.94. The molecule has 2 amide bonds. The maximum absolute atomic E-state index is 15.4. The number of ether oxygens (including phenoxy) is 1. The van der Waals surface area contributed by atoms with Gasteiger partial charge in [0.2, 0.25) is 5.91 Å². The van der Waals surface area contributed by atoms with Gasteiger partial charge in [-0.05, 0) is 19.1 Å². The number of rotatable bonds is 2. The molecule has 4 heterocycles. The number of amides is 2. The third-order valence-corrected chi connectivity index (χ3v) is 6.27. The van der Waals surface area contributed by atoms with E-state index in [0.29, 0.717) is 54.5 Å². The van der Waals surface area contributed by atoms with E-state index >= 15 is 4.39 Å². The molecule has 1 aromatic carbocycles. The topological polar surface area (TPSA) is 99.2 Å². The molecule has 2 N–H and O–H groups in total. The van der Waals surface area contributed by atoms with Gasteiger partial charge in [0.05, 0.1) is 61.1 Å². The average Bonchev–Trinajstić information content (AvgIpc) is 2.80. The van der Waals surface area contributed by atoms with E-state index in [9.17, 15) is 9.59 Å². The fourth-order valence-electron chi connectivity index (χ4n) is 4.50. The summed E-state index contributed by atoms with van der Waals surface area (Å²) >= 11 is 0. The molecule has 33 heavy (non-hydrogen) atoms. The number of nitrogens with one attached hydrogen (secondary N) is 2. The molecule has 1 aromatic heterocycles. The van der Waals surface area contributed by atoms with Crippen LogP contribution in [0, 0.1) is 5.82 Å². The molecule has 2 aromatic rings. The van der Waals surface area contributed by atoms with Crippen molar-refractivity contribution in [3.63, 3.8) is 0 Å². The first kappa shape index (κ1) is 21.2. The normalized spacial score (nSPS) is 19.7. The van der Waals surface area contributed by atoms with Crippen LogP contribution in [0.2, 0.25) is 0 Å². The van der Waals surface area contributed by atoms with Crippen LogP contribution in [0.5, 0.6) is 5.75 Å². The number of carbonyl (C=O) groups excluding carboxylic acids is 2. The van der Waals surface area contributed by atoms with Gasteiger partial charge >= 0.3 is 0 Å². The molecule has 0 unspecified atom stereocenters. The van der Waals surface area contributed by atoms with E-state index in [1.807, 2.05) is 11.8 Å². The first-order valence-corrected chi connectivity index (χ1v) is 10.9. The Balaban J connectivity index is 1.40. The summed E-state index contributed by atoms with van der Waals surface area (Å²) in [6.07, 6.45) is 2.22. The van der Waals surface area contributed by atoms with Crippen molar-refractivity contribution >= 4 is 34.6 Å². The second-order valence-corrected chi connectivity index (χ2v) is 8.44. The third-order valence-electron chi connectivity index (χ3n) is 6.27. The Morgan fingerprint density at radius 1 is 1.33 bits per heavy atom. The molecule has 1 saturated heterocycles. The number of piperazine rings is 1. The second kappa shape index (κ2) is 8.34. The summed E-state index contributed by atoms with van der Waals surface area (Å²) in [5.74, 6) is -0.330. The van der Waals surface area contributed by atoms with Gasteiger partial charge in [0.25, 0.3) is 5.91 Å². The number of nitrogens with zero attached hydrogens (tertiary/aromatic N) is 4. The van der Waals surface area contributed by atoms with Gasteiger partial charge in [-0.25, -0.2) is 9.37 Å². The van der Waals surface area contributed by atoms with Crippen LogP contribution in [0.3, 0.4) is 0 Å². The summed E-state index contributed by atoms with van der Waals surface area (Å²) < 4.78 is 21.4. The summed E-state index contributed by atoms with van der Waals surface area (Å²) in [5, 5.41) is 5.63. The van der Waals surface area contributed by atoms with Gasteiger partial charge in [-0.15, -0.1) is 0 Å². The number of hydrogen-bond donors (Lipinski definition) is 2. The SMILES string of the molecule is CNC(=O)c1ccc(N2CC(=O)N3Cc4c(cc5c(c4F)NCC(C)=N5)OCC[C@@H]3C2)cn1. The van der Waals surface area contributed by atoms with Gasteiger partial charge in [-0.3, -0.25) is 14.6 Å². The standard InChI is InChI=1S/C23H25FN6O3/c1-13-8-27-22-18(28-13)7-19-16(21(22)24)11-30-15(5-6-33-19)10-29(12-20(30)31)14-3-4-17(26-9-14)23(32)25-2/h3-4,7,9,15,27H,5-6,8,10-12H2,1-2H3,(H,25,32)/t15-/m1/s1. The number of anilines is 2. The fourth-order valence-corrected chi connectivity index (χ4v) is 4.50. The first-order chi connectivity index (χ1) is 15.9. The zero-order chi connectivity index (χ0) is 23.1. The van der Waals surface area contributed by atoms with E-state index in [2.05, 4.69) is 20.6 Å². The highest BCUT2D eigenvalue weighted by Gasteiger charge is 2.36. The smallest absolute Gasteiger partial charge is 0.269 e. The van der Waals surface area contributed by atoms with Crippen molar-refractivity contribution in [1.82, 2.24) is 15.2 Å². The van der Waals surface area contributed by atoms with Crippen molar-refractivity contribution in [2.75, 3.05) is 43.5 Å². The Morgan fingerprint density at radius 3 is 2.94 bits per heavy atom. The van der Waals surface area contributed by atoms with Crippen molar-refractivity contribution < 1.29 is 18.7 Å². The van der Waals surface area contributed by atoms with Gasteiger partial charge < -0.3 is 25.2 Å². The van der Waals surface area contributed by atoms with Crippen molar-refractivity contribution in [3.8, 4) is 5.75 Å². The molecule has 0 spiro atoms. The molecule has 1 atom stereocenters. The average molecular weight is 452 g/mol. The van der Waals surface area contributed by atoms with Crippen LogP contribution in [-0.2, 0) is 11.3 Å². The van der Waals surface area contributed by atoms with E-state index in [1.165, 1.54) is 0 Å². The maximum Gasteiger partial charge on any atom is 0.269 e. The summed E-state index contributed by atoms with van der Waals surface area (Å²) in [6, 6.07) is 5.04. The van der Waals surface area contributed by atoms with Crippen LogP contribution in [0.4, 0.5) is 21.5 Å². The molecule has 10 heteroatoms. The Kier molecular flexibility index (Phi) is 5.35. The molecule has 0 radical (unpaired) electrons. The highest BCUT2D eigenvalue weighted by atomic mass is 19.1. The zero-order valence-corrected chi connectivity index (χ0v) is 18.5.